The molecule has 0 aliphatic carbocycles. The highest BCUT2D eigenvalue weighted by molar-refractivity contribution is 5.89. The number of piperazine rings is 1. The van der Waals surface area contributed by atoms with Crippen molar-refractivity contribution in [3.63, 3.8) is 0 Å². The van der Waals surface area contributed by atoms with Gasteiger partial charge >= 0.3 is 0 Å². The fourth-order valence-electron chi connectivity index (χ4n) is 3.75. The second-order valence-electron chi connectivity index (χ2n) is 7.12. The van der Waals surface area contributed by atoms with Crippen molar-refractivity contribution in [1.82, 2.24) is 15.1 Å². The van der Waals surface area contributed by atoms with Crippen molar-refractivity contribution in [2.45, 2.75) is 65.6 Å². The van der Waals surface area contributed by atoms with Crippen LogP contribution in [0.3, 0.4) is 0 Å². The number of hydrogen-bond acceptors (Lipinski definition) is 3. The smallest absolute Gasteiger partial charge is 0.237 e. The lowest BCUT2D eigenvalue weighted by atomic mass is 10.0. The molecule has 1 aromatic carbocycles. The maximum Gasteiger partial charge on any atom is 0.237 e. The Hall–Kier alpha value is -1.88. The first-order valence-corrected chi connectivity index (χ1v) is 9.86. The molecule has 1 atom stereocenters. The van der Waals surface area contributed by atoms with Gasteiger partial charge in [-0.3, -0.25) is 14.5 Å². The Bertz CT molecular complexity index is 596. The van der Waals surface area contributed by atoms with Crippen LogP contribution >= 0.6 is 0 Å². The predicted octanol–water partition coefficient (Wildman–Crippen LogP) is 2.72. The molecule has 0 unspecified atom stereocenters. The van der Waals surface area contributed by atoms with E-state index in [1.807, 2.05) is 11.8 Å². The van der Waals surface area contributed by atoms with Gasteiger partial charge < -0.3 is 10.2 Å². The molecular formula is C21H33N3O2. The van der Waals surface area contributed by atoms with E-state index in [1.54, 1.807) is 0 Å². The van der Waals surface area contributed by atoms with E-state index >= 15 is 0 Å². The van der Waals surface area contributed by atoms with Gasteiger partial charge in [0.1, 0.15) is 0 Å². The zero-order chi connectivity index (χ0) is 19.1. The first-order valence-electron chi connectivity index (χ1n) is 9.86. The number of nitrogens with one attached hydrogen (secondary N) is 1. The number of amides is 2. The molecule has 2 rings (SSSR count). The standard InChI is InChI=1S/C21H33N3O2/c1-5-18(6-2)24(7-3)20(25)14-19-21(26)22-12-13-23(19)15-17-10-8-16(4)9-11-17/h8-11,18-19H,5-7,12-15H2,1-4H3,(H,22,26)/t19-/m1/s1. The van der Waals surface area contributed by atoms with E-state index in [0.29, 0.717) is 19.6 Å². The fourth-order valence-corrected chi connectivity index (χ4v) is 3.75. The van der Waals surface area contributed by atoms with Crippen molar-refractivity contribution >= 4 is 11.8 Å². The average molecular weight is 360 g/mol. The van der Waals surface area contributed by atoms with Crippen LogP contribution in [0.1, 0.15) is 51.2 Å². The molecule has 1 heterocycles. The fraction of sp³-hybridized carbons (Fsp3) is 0.619. The van der Waals surface area contributed by atoms with Crippen LogP contribution in [-0.2, 0) is 16.1 Å². The van der Waals surface area contributed by atoms with Gasteiger partial charge in [0.2, 0.25) is 11.8 Å². The van der Waals surface area contributed by atoms with E-state index < -0.39 is 0 Å². The molecular weight excluding hydrogens is 326 g/mol. The summed E-state index contributed by atoms with van der Waals surface area (Å²) in [7, 11) is 0. The van der Waals surface area contributed by atoms with Gasteiger partial charge in [-0.05, 0) is 32.3 Å². The molecule has 0 spiro atoms. The summed E-state index contributed by atoms with van der Waals surface area (Å²) in [6, 6.07) is 8.24. The maximum absolute atomic E-state index is 12.9. The van der Waals surface area contributed by atoms with Crippen LogP contribution in [0, 0.1) is 6.92 Å². The van der Waals surface area contributed by atoms with Crippen molar-refractivity contribution in [1.29, 1.82) is 0 Å². The minimum absolute atomic E-state index is 0.0303. The third-order valence-corrected chi connectivity index (χ3v) is 5.36. The van der Waals surface area contributed by atoms with E-state index in [-0.39, 0.29) is 30.3 Å². The number of hydrogen-bond donors (Lipinski definition) is 1. The summed E-state index contributed by atoms with van der Waals surface area (Å²) in [6.45, 7) is 11.1. The molecule has 1 aliphatic heterocycles. The number of aryl methyl sites for hydroxylation is 1. The van der Waals surface area contributed by atoms with Crippen LogP contribution in [0.5, 0.6) is 0 Å². The average Bonchev–Trinajstić information content (AvgIpc) is 2.64. The summed E-state index contributed by atoms with van der Waals surface area (Å²) in [5.74, 6) is 0.0504. The third kappa shape index (κ3) is 5.07. The molecule has 1 N–H and O–H groups in total. The minimum Gasteiger partial charge on any atom is -0.353 e. The van der Waals surface area contributed by atoms with Gasteiger partial charge in [0.15, 0.2) is 0 Å². The van der Waals surface area contributed by atoms with Gasteiger partial charge in [-0.25, -0.2) is 0 Å². The second kappa shape index (κ2) is 9.72. The van der Waals surface area contributed by atoms with Gasteiger partial charge in [0.25, 0.3) is 0 Å². The number of carbonyl (C=O) groups excluding carboxylic acids is 2. The van der Waals surface area contributed by atoms with E-state index in [1.165, 1.54) is 11.1 Å². The van der Waals surface area contributed by atoms with E-state index in [2.05, 4.69) is 55.3 Å². The molecule has 1 aliphatic rings. The van der Waals surface area contributed by atoms with Crippen LogP contribution in [0.25, 0.3) is 0 Å². The molecule has 0 aromatic heterocycles. The highest BCUT2D eigenvalue weighted by Gasteiger charge is 2.33. The molecule has 26 heavy (non-hydrogen) atoms. The highest BCUT2D eigenvalue weighted by Crippen LogP contribution is 2.17. The molecule has 0 bridgehead atoms. The molecule has 1 aromatic rings. The zero-order valence-corrected chi connectivity index (χ0v) is 16.6. The monoisotopic (exact) mass is 359 g/mol. The van der Waals surface area contributed by atoms with E-state index in [4.69, 9.17) is 0 Å². The van der Waals surface area contributed by atoms with Crippen LogP contribution < -0.4 is 5.32 Å². The quantitative estimate of drug-likeness (QED) is 0.776. The van der Waals surface area contributed by atoms with E-state index in [9.17, 15) is 9.59 Å². The summed E-state index contributed by atoms with van der Waals surface area (Å²) in [6.07, 6.45) is 2.14. The summed E-state index contributed by atoms with van der Waals surface area (Å²) >= 11 is 0. The summed E-state index contributed by atoms with van der Waals surface area (Å²) in [5, 5.41) is 2.93. The first kappa shape index (κ1) is 20.4. The maximum atomic E-state index is 12.9. The molecule has 5 nitrogen and oxygen atoms in total. The van der Waals surface area contributed by atoms with Crippen LogP contribution in [-0.4, -0.2) is 53.3 Å². The molecule has 1 fully saturated rings. The van der Waals surface area contributed by atoms with Gasteiger partial charge in [-0.2, -0.15) is 0 Å². The SMILES string of the molecule is CCC(CC)N(CC)C(=O)C[C@@H]1C(=O)NCCN1Cc1ccc(C)cc1. The normalized spacial score (nSPS) is 18.0. The summed E-state index contributed by atoms with van der Waals surface area (Å²) in [4.78, 5) is 29.5. The van der Waals surface area contributed by atoms with Gasteiger partial charge in [0, 0.05) is 32.2 Å². The molecule has 1 saturated heterocycles. The molecule has 144 valence electrons. The lowest BCUT2D eigenvalue weighted by Gasteiger charge is -2.37. The summed E-state index contributed by atoms with van der Waals surface area (Å²) in [5.41, 5.74) is 2.40. The second-order valence-corrected chi connectivity index (χ2v) is 7.12. The Balaban J connectivity index is 2.10. The Morgan fingerprint density at radius 1 is 1.23 bits per heavy atom. The Labute approximate surface area is 157 Å². The first-order chi connectivity index (χ1) is 12.5. The highest BCUT2D eigenvalue weighted by atomic mass is 16.2. The lowest BCUT2D eigenvalue weighted by Crippen LogP contribution is -2.56. The van der Waals surface area contributed by atoms with Crippen molar-refractivity contribution in [2.24, 2.45) is 0 Å². The molecule has 5 heteroatoms. The van der Waals surface area contributed by atoms with Crippen LogP contribution in [0.2, 0.25) is 0 Å². The molecule has 0 saturated carbocycles. The topological polar surface area (TPSA) is 52.7 Å². The lowest BCUT2D eigenvalue weighted by molar-refractivity contribution is -0.140. The number of nitrogens with zero attached hydrogens (tertiary/aromatic N) is 2. The number of rotatable bonds is 8. The summed E-state index contributed by atoms with van der Waals surface area (Å²) < 4.78 is 0. The molecule has 2 amide bonds. The minimum atomic E-state index is -0.388. The number of carbonyl (C=O) groups is 2. The predicted molar refractivity (Wildman–Crippen MR) is 105 cm³/mol. The van der Waals surface area contributed by atoms with E-state index in [0.717, 1.165) is 19.4 Å². The third-order valence-electron chi connectivity index (χ3n) is 5.36. The van der Waals surface area contributed by atoms with Crippen molar-refractivity contribution in [3.8, 4) is 0 Å². The Morgan fingerprint density at radius 3 is 2.46 bits per heavy atom. The van der Waals surface area contributed by atoms with Crippen molar-refractivity contribution in [2.75, 3.05) is 19.6 Å². The van der Waals surface area contributed by atoms with Gasteiger partial charge in [0.05, 0.1) is 12.5 Å². The zero-order valence-electron chi connectivity index (χ0n) is 16.6. The number of benzene rings is 1. The van der Waals surface area contributed by atoms with Gasteiger partial charge in [-0.15, -0.1) is 0 Å². The van der Waals surface area contributed by atoms with Crippen LogP contribution in [0.4, 0.5) is 0 Å². The molecule has 0 radical (unpaired) electrons. The van der Waals surface area contributed by atoms with Gasteiger partial charge in [-0.1, -0.05) is 43.7 Å². The Kier molecular flexibility index (Phi) is 7.64. The van der Waals surface area contributed by atoms with Crippen molar-refractivity contribution in [3.05, 3.63) is 35.4 Å². The van der Waals surface area contributed by atoms with Crippen LogP contribution in [0.15, 0.2) is 24.3 Å². The Morgan fingerprint density at radius 2 is 1.88 bits per heavy atom. The van der Waals surface area contributed by atoms with Crippen molar-refractivity contribution < 1.29 is 9.59 Å². The largest absolute Gasteiger partial charge is 0.353 e.